The highest BCUT2D eigenvalue weighted by molar-refractivity contribution is 6.00. The van der Waals surface area contributed by atoms with Crippen LogP contribution in [0.25, 0.3) is 0 Å². The summed E-state index contributed by atoms with van der Waals surface area (Å²) in [6.07, 6.45) is 1.95. The van der Waals surface area contributed by atoms with Gasteiger partial charge in [-0.05, 0) is 74.4 Å². The molecule has 268 valence electrons. The van der Waals surface area contributed by atoms with E-state index in [9.17, 15) is 24.3 Å². The van der Waals surface area contributed by atoms with Crippen molar-refractivity contribution in [2.45, 2.75) is 58.1 Å². The summed E-state index contributed by atoms with van der Waals surface area (Å²) in [5.41, 5.74) is 8.25. The van der Waals surface area contributed by atoms with E-state index < -0.39 is 12.1 Å². The predicted octanol–water partition coefficient (Wildman–Crippen LogP) is 5.19. The highest BCUT2D eigenvalue weighted by atomic mass is 16.5. The summed E-state index contributed by atoms with van der Waals surface area (Å²) in [6.45, 7) is 3.98. The summed E-state index contributed by atoms with van der Waals surface area (Å²) in [5, 5.41) is 18.5. The lowest BCUT2D eigenvalue weighted by Crippen LogP contribution is -2.50. The van der Waals surface area contributed by atoms with E-state index in [0.29, 0.717) is 59.9 Å². The number of likely N-dealkylation sites (N-methyl/N-ethyl adjacent to an activating group) is 1. The van der Waals surface area contributed by atoms with E-state index in [2.05, 4.69) is 16.0 Å². The second kappa shape index (κ2) is 17.9. The predicted molar refractivity (Wildman–Crippen MR) is 193 cm³/mol. The molecule has 0 radical (unpaired) electrons. The van der Waals surface area contributed by atoms with E-state index in [-0.39, 0.29) is 61.4 Å². The average Bonchev–Trinajstić information content (AvgIpc) is 3.10. The maximum atomic E-state index is 13.8. The van der Waals surface area contributed by atoms with Crippen molar-refractivity contribution in [3.05, 3.63) is 72.3 Å². The van der Waals surface area contributed by atoms with Gasteiger partial charge in [0.15, 0.2) is 0 Å². The lowest BCUT2D eigenvalue weighted by molar-refractivity contribution is -0.116. The number of fused-ring (bicyclic) bond motifs is 1. The number of ether oxygens (including phenoxy) is 2. The quantitative estimate of drug-likeness (QED) is 0.114. The van der Waals surface area contributed by atoms with E-state index in [1.165, 1.54) is 4.90 Å². The number of nitrogens with zero attached hydrogens (tertiary/aromatic N) is 2. The van der Waals surface area contributed by atoms with Crippen LogP contribution in [0.3, 0.4) is 0 Å². The van der Waals surface area contributed by atoms with Gasteiger partial charge in [-0.2, -0.15) is 0 Å². The van der Waals surface area contributed by atoms with Crippen LogP contribution in [-0.4, -0.2) is 84.7 Å². The lowest BCUT2D eigenvalue weighted by Gasteiger charge is -2.38. The Morgan fingerprint density at radius 1 is 0.980 bits per heavy atom. The molecule has 0 bridgehead atoms. The van der Waals surface area contributed by atoms with Crippen LogP contribution in [0.5, 0.6) is 11.5 Å². The number of nitrogens with one attached hydrogen (secondary N) is 3. The van der Waals surface area contributed by atoms with Crippen LogP contribution in [0.2, 0.25) is 0 Å². The molecule has 6 N–H and O–H groups in total. The summed E-state index contributed by atoms with van der Waals surface area (Å²) in [7, 11) is 3.24. The molecule has 5 amide bonds. The molecule has 0 aromatic heterocycles. The summed E-state index contributed by atoms with van der Waals surface area (Å²) >= 11 is 0. The fourth-order valence-corrected chi connectivity index (χ4v) is 5.56. The third-order valence-electron chi connectivity index (χ3n) is 8.63. The molecule has 0 fully saturated rings. The molecule has 0 saturated heterocycles. The monoisotopic (exact) mass is 688 g/mol. The number of methoxy groups -OCH3 is 1. The minimum absolute atomic E-state index is 0.135. The van der Waals surface area contributed by atoms with Gasteiger partial charge < -0.3 is 46.1 Å². The van der Waals surface area contributed by atoms with Crippen molar-refractivity contribution in [1.82, 2.24) is 9.80 Å². The van der Waals surface area contributed by atoms with Gasteiger partial charge in [-0.3, -0.25) is 14.4 Å². The molecular weight excluding hydrogens is 640 g/mol. The number of anilines is 4. The molecule has 1 heterocycles. The Hall–Kier alpha value is -5.30. The SMILES string of the molecule is COc1ccc(NC(=O)N(C)C[C@@H]2Oc3ccc(NC(=O)CCCCCC(=O)Nc4ccccc4N)cc3C(=O)N([C@@H](C)CO)C[C@@H]2C)cc1. The Bertz CT molecular complexity index is 1630. The standard InChI is InChI=1S/C37H48N6O7/c1-24-21-43(25(2)23-44)36(47)29-20-27(39-34(45)12-6-5-7-13-35(46)41-31-11-9-8-10-30(31)38)16-19-32(29)50-33(24)22-42(3)37(48)40-26-14-17-28(49-4)18-15-26/h8-11,14-20,24-25,33,44H,5-7,12-13,21-23,38H2,1-4H3,(H,39,45)(H,40,48)(H,41,46)/t24-,25-,33-/m0/s1. The molecule has 1 aliphatic rings. The third-order valence-corrected chi connectivity index (χ3v) is 8.63. The minimum Gasteiger partial charge on any atom is -0.497 e. The first kappa shape index (κ1) is 37.5. The largest absolute Gasteiger partial charge is 0.497 e. The Balaban J connectivity index is 1.36. The van der Waals surface area contributed by atoms with Gasteiger partial charge in [0.25, 0.3) is 5.91 Å². The number of hydrogen-bond acceptors (Lipinski definition) is 8. The number of nitrogens with two attached hydrogens (primary N) is 1. The van der Waals surface area contributed by atoms with Gasteiger partial charge in [-0.25, -0.2) is 4.79 Å². The number of aliphatic hydroxyl groups excluding tert-OH is 1. The Morgan fingerprint density at radius 3 is 2.30 bits per heavy atom. The Labute approximate surface area is 293 Å². The molecule has 4 rings (SSSR count). The highest BCUT2D eigenvalue weighted by Crippen LogP contribution is 2.31. The molecule has 3 atom stereocenters. The number of carbonyl (C=O) groups excluding carboxylic acids is 4. The Kier molecular flexibility index (Phi) is 13.4. The van der Waals surface area contributed by atoms with Crippen molar-refractivity contribution in [2.24, 2.45) is 5.92 Å². The topological polar surface area (TPSA) is 176 Å². The van der Waals surface area contributed by atoms with Crippen molar-refractivity contribution in [3.63, 3.8) is 0 Å². The molecule has 3 aromatic rings. The van der Waals surface area contributed by atoms with E-state index in [4.69, 9.17) is 15.2 Å². The summed E-state index contributed by atoms with van der Waals surface area (Å²) in [5.74, 6) is 0.115. The van der Waals surface area contributed by atoms with Crippen LogP contribution >= 0.6 is 0 Å². The molecule has 1 aliphatic heterocycles. The van der Waals surface area contributed by atoms with Crippen LogP contribution in [-0.2, 0) is 9.59 Å². The molecule has 0 unspecified atom stereocenters. The normalized spacial score (nSPS) is 16.2. The minimum atomic E-state index is -0.491. The van der Waals surface area contributed by atoms with E-state index in [0.717, 1.165) is 0 Å². The second-order valence-corrected chi connectivity index (χ2v) is 12.6. The first-order valence-electron chi connectivity index (χ1n) is 16.8. The van der Waals surface area contributed by atoms with Crippen LogP contribution in [0, 0.1) is 5.92 Å². The molecule has 50 heavy (non-hydrogen) atoms. The summed E-state index contributed by atoms with van der Waals surface area (Å²) < 4.78 is 11.6. The molecule has 0 saturated carbocycles. The molecule has 13 heteroatoms. The van der Waals surface area contributed by atoms with Crippen LogP contribution < -0.4 is 31.2 Å². The van der Waals surface area contributed by atoms with Crippen molar-refractivity contribution >= 4 is 46.5 Å². The zero-order valence-electron chi connectivity index (χ0n) is 29.1. The van der Waals surface area contributed by atoms with Crippen molar-refractivity contribution in [3.8, 4) is 11.5 Å². The number of amides is 5. The van der Waals surface area contributed by atoms with Crippen LogP contribution in [0.4, 0.5) is 27.5 Å². The number of para-hydroxylation sites is 2. The van der Waals surface area contributed by atoms with E-state index in [1.54, 1.807) is 92.7 Å². The van der Waals surface area contributed by atoms with Crippen LogP contribution in [0.1, 0.15) is 56.3 Å². The number of hydrogen-bond donors (Lipinski definition) is 5. The van der Waals surface area contributed by atoms with Gasteiger partial charge in [0.05, 0.1) is 43.2 Å². The summed E-state index contributed by atoms with van der Waals surface area (Å²) in [4.78, 5) is 55.0. The molecule has 0 aliphatic carbocycles. The maximum Gasteiger partial charge on any atom is 0.321 e. The highest BCUT2D eigenvalue weighted by Gasteiger charge is 2.34. The van der Waals surface area contributed by atoms with Gasteiger partial charge in [0.1, 0.15) is 17.6 Å². The van der Waals surface area contributed by atoms with Gasteiger partial charge in [0.2, 0.25) is 11.8 Å². The lowest BCUT2D eigenvalue weighted by atomic mass is 9.99. The number of rotatable bonds is 14. The van der Waals surface area contributed by atoms with E-state index >= 15 is 0 Å². The van der Waals surface area contributed by atoms with Crippen molar-refractivity contribution in [1.29, 1.82) is 0 Å². The fourth-order valence-electron chi connectivity index (χ4n) is 5.56. The van der Waals surface area contributed by atoms with Crippen LogP contribution in [0.15, 0.2) is 66.7 Å². The van der Waals surface area contributed by atoms with E-state index in [1.807, 2.05) is 6.92 Å². The number of aliphatic hydroxyl groups is 1. The molecule has 13 nitrogen and oxygen atoms in total. The fraction of sp³-hybridized carbons (Fsp3) is 0.405. The first-order valence-corrected chi connectivity index (χ1v) is 16.8. The molecular formula is C37H48N6O7. The zero-order chi connectivity index (χ0) is 36.2. The average molecular weight is 689 g/mol. The number of unbranched alkanes of at least 4 members (excludes halogenated alkanes) is 2. The maximum absolute atomic E-state index is 13.8. The van der Waals surface area contributed by atoms with Gasteiger partial charge in [0, 0.05) is 43.7 Å². The molecule has 0 spiro atoms. The zero-order valence-corrected chi connectivity index (χ0v) is 29.1. The second-order valence-electron chi connectivity index (χ2n) is 12.6. The number of benzene rings is 3. The number of carbonyl (C=O) groups is 4. The number of urea groups is 1. The van der Waals surface area contributed by atoms with Gasteiger partial charge in [-0.15, -0.1) is 0 Å². The molecule has 3 aromatic carbocycles. The Morgan fingerprint density at radius 2 is 1.64 bits per heavy atom. The smallest absolute Gasteiger partial charge is 0.321 e. The van der Waals surface area contributed by atoms with Gasteiger partial charge >= 0.3 is 6.03 Å². The number of nitrogen functional groups attached to an aromatic ring is 1. The van der Waals surface area contributed by atoms with Crippen molar-refractivity contribution in [2.75, 3.05) is 55.5 Å². The first-order chi connectivity index (χ1) is 24.0. The summed E-state index contributed by atoms with van der Waals surface area (Å²) in [6, 6.07) is 18.2. The van der Waals surface area contributed by atoms with Crippen molar-refractivity contribution < 1.29 is 33.8 Å². The van der Waals surface area contributed by atoms with Gasteiger partial charge in [-0.1, -0.05) is 25.5 Å². The third kappa shape index (κ3) is 10.3.